The van der Waals surface area contributed by atoms with Gasteiger partial charge in [-0.25, -0.2) is 0 Å². The molecule has 1 nitrogen and oxygen atoms in total. The molecule has 3 saturated heterocycles. The van der Waals surface area contributed by atoms with Gasteiger partial charge in [0.25, 0.3) is 0 Å². The predicted molar refractivity (Wildman–Crippen MR) is 76.6 cm³/mol. The van der Waals surface area contributed by atoms with Crippen molar-refractivity contribution in [3.05, 3.63) is 35.4 Å². The van der Waals surface area contributed by atoms with Crippen molar-refractivity contribution < 1.29 is 4.48 Å². The smallest absolute Gasteiger partial charge is 0.0789 e. The van der Waals surface area contributed by atoms with Crippen molar-refractivity contribution in [3.63, 3.8) is 0 Å². The molecule has 4 rings (SSSR count). The van der Waals surface area contributed by atoms with Crippen molar-refractivity contribution in [2.24, 2.45) is 5.92 Å². The number of hydrogen-bond donors (Lipinski definition) is 0. The van der Waals surface area contributed by atoms with Crippen molar-refractivity contribution in [2.75, 3.05) is 26.2 Å². The van der Waals surface area contributed by atoms with Crippen LogP contribution in [0.25, 0.3) is 0 Å². The van der Waals surface area contributed by atoms with Crippen LogP contribution in [-0.4, -0.2) is 30.7 Å². The highest BCUT2D eigenvalue weighted by Crippen LogP contribution is 2.33. The SMILES string of the molecule is Cc1cccc(CCC[N+]23CCC(CC2)CC3)c1. The van der Waals surface area contributed by atoms with Crippen molar-refractivity contribution in [3.8, 4) is 0 Å². The number of rotatable bonds is 4. The summed E-state index contributed by atoms with van der Waals surface area (Å²) < 4.78 is 1.45. The first kappa shape index (κ1) is 12.2. The van der Waals surface area contributed by atoms with E-state index in [2.05, 4.69) is 31.2 Å². The van der Waals surface area contributed by atoms with Crippen LogP contribution in [0, 0.1) is 12.8 Å². The van der Waals surface area contributed by atoms with E-state index in [0.29, 0.717) is 0 Å². The zero-order chi connectivity index (χ0) is 12.4. The van der Waals surface area contributed by atoms with Gasteiger partial charge >= 0.3 is 0 Å². The molecule has 0 aliphatic carbocycles. The summed E-state index contributed by atoms with van der Waals surface area (Å²) in [7, 11) is 0. The first-order valence-corrected chi connectivity index (χ1v) is 7.66. The lowest BCUT2D eigenvalue weighted by Gasteiger charge is -2.49. The van der Waals surface area contributed by atoms with Gasteiger partial charge in [0.05, 0.1) is 26.2 Å². The molecule has 0 N–H and O–H groups in total. The lowest BCUT2D eigenvalue weighted by Crippen LogP contribution is -2.58. The quantitative estimate of drug-likeness (QED) is 0.710. The second-order valence-corrected chi connectivity index (χ2v) is 6.56. The summed E-state index contributed by atoms with van der Waals surface area (Å²) in [5, 5.41) is 0. The molecule has 0 atom stereocenters. The molecule has 3 heterocycles. The fraction of sp³-hybridized carbons (Fsp3) is 0.647. The van der Waals surface area contributed by atoms with Crippen molar-refractivity contribution in [1.82, 2.24) is 0 Å². The molecule has 98 valence electrons. The van der Waals surface area contributed by atoms with E-state index in [-0.39, 0.29) is 0 Å². The van der Waals surface area contributed by atoms with Crippen molar-refractivity contribution in [2.45, 2.75) is 39.0 Å². The Balaban J connectivity index is 1.52. The largest absolute Gasteiger partial charge is 0.324 e. The summed E-state index contributed by atoms with van der Waals surface area (Å²) in [5.41, 5.74) is 2.93. The van der Waals surface area contributed by atoms with Crippen LogP contribution in [0.5, 0.6) is 0 Å². The van der Waals surface area contributed by atoms with Gasteiger partial charge in [0.1, 0.15) is 0 Å². The Labute approximate surface area is 111 Å². The summed E-state index contributed by atoms with van der Waals surface area (Å²) in [5.74, 6) is 1.08. The van der Waals surface area contributed by atoms with Crippen LogP contribution < -0.4 is 0 Å². The van der Waals surface area contributed by atoms with Crippen molar-refractivity contribution in [1.29, 1.82) is 0 Å². The van der Waals surface area contributed by atoms with E-state index >= 15 is 0 Å². The number of piperidine rings is 3. The Morgan fingerprint density at radius 2 is 1.83 bits per heavy atom. The molecule has 18 heavy (non-hydrogen) atoms. The number of aryl methyl sites for hydroxylation is 2. The number of nitrogens with zero attached hydrogens (tertiary/aromatic N) is 1. The highest BCUT2D eigenvalue weighted by Gasteiger charge is 2.38. The average Bonchev–Trinajstić information content (AvgIpc) is 2.41. The maximum absolute atomic E-state index is 2.35. The first-order valence-electron chi connectivity index (χ1n) is 7.66. The van der Waals surface area contributed by atoms with E-state index in [9.17, 15) is 0 Å². The highest BCUT2D eigenvalue weighted by molar-refractivity contribution is 5.22. The minimum Gasteiger partial charge on any atom is -0.324 e. The molecule has 0 amide bonds. The van der Waals surface area contributed by atoms with Gasteiger partial charge < -0.3 is 4.48 Å². The summed E-state index contributed by atoms with van der Waals surface area (Å²) in [6, 6.07) is 9.03. The fourth-order valence-corrected chi connectivity index (χ4v) is 3.96. The third kappa shape index (κ3) is 2.61. The van der Waals surface area contributed by atoms with Gasteiger partial charge in [0.15, 0.2) is 0 Å². The van der Waals surface area contributed by atoms with Gasteiger partial charge in [-0.3, -0.25) is 0 Å². The molecular formula is C17H26N+. The summed E-state index contributed by atoms with van der Waals surface area (Å²) in [6.07, 6.45) is 7.15. The third-order valence-electron chi connectivity index (χ3n) is 5.22. The van der Waals surface area contributed by atoms with Crippen LogP contribution in [0.4, 0.5) is 0 Å². The maximum atomic E-state index is 2.35. The van der Waals surface area contributed by atoms with Gasteiger partial charge in [-0.15, -0.1) is 0 Å². The van der Waals surface area contributed by atoms with Crippen molar-refractivity contribution >= 4 is 0 Å². The molecule has 3 aliphatic rings. The molecule has 3 fully saturated rings. The Kier molecular flexibility index (Phi) is 3.43. The average molecular weight is 244 g/mol. The van der Waals surface area contributed by atoms with Gasteiger partial charge in [-0.05, 0) is 44.1 Å². The van der Waals surface area contributed by atoms with Crippen LogP contribution in [0.15, 0.2) is 24.3 Å². The number of quaternary nitrogens is 1. The van der Waals surface area contributed by atoms with E-state index in [0.717, 1.165) is 5.92 Å². The van der Waals surface area contributed by atoms with E-state index in [4.69, 9.17) is 0 Å². The van der Waals surface area contributed by atoms with Gasteiger partial charge in [0, 0.05) is 6.42 Å². The Hall–Kier alpha value is -0.820. The second-order valence-electron chi connectivity index (χ2n) is 6.56. The minimum atomic E-state index is 1.08. The molecule has 1 aromatic carbocycles. The molecule has 1 aromatic rings. The van der Waals surface area contributed by atoms with E-state index in [1.54, 1.807) is 0 Å². The van der Waals surface area contributed by atoms with Gasteiger partial charge in [0.2, 0.25) is 0 Å². The van der Waals surface area contributed by atoms with Gasteiger partial charge in [-0.2, -0.15) is 0 Å². The minimum absolute atomic E-state index is 1.08. The third-order valence-corrected chi connectivity index (χ3v) is 5.22. The summed E-state index contributed by atoms with van der Waals surface area (Å²) >= 11 is 0. The lowest BCUT2D eigenvalue weighted by molar-refractivity contribution is -0.942. The topological polar surface area (TPSA) is 0 Å². The number of fused-ring (bicyclic) bond motifs is 3. The van der Waals surface area contributed by atoms with E-state index < -0.39 is 0 Å². The molecule has 2 bridgehead atoms. The molecule has 1 heteroatoms. The number of hydrogen-bond acceptors (Lipinski definition) is 0. The van der Waals surface area contributed by atoms with Crippen LogP contribution in [0.3, 0.4) is 0 Å². The maximum Gasteiger partial charge on any atom is 0.0789 e. The normalized spacial score (nSPS) is 30.6. The number of benzene rings is 1. The standard InChI is InChI=1S/C17H26N/c1-15-4-2-5-17(14-15)6-3-10-18-11-7-16(8-12-18)9-13-18/h2,4-5,14,16H,3,6-13H2,1H3/q+1. The Morgan fingerprint density at radius 3 is 2.50 bits per heavy atom. The van der Waals surface area contributed by atoms with Crippen LogP contribution >= 0.6 is 0 Å². The zero-order valence-corrected chi connectivity index (χ0v) is 11.7. The zero-order valence-electron chi connectivity index (χ0n) is 11.7. The molecule has 0 radical (unpaired) electrons. The fourth-order valence-electron chi connectivity index (χ4n) is 3.96. The predicted octanol–water partition coefficient (Wildman–Crippen LogP) is 3.56. The van der Waals surface area contributed by atoms with Crippen LogP contribution in [-0.2, 0) is 6.42 Å². The molecular weight excluding hydrogens is 218 g/mol. The van der Waals surface area contributed by atoms with Crippen LogP contribution in [0.2, 0.25) is 0 Å². The molecule has 0 aromatic heterocycles. The van der Waals surface area contributed by atoms with E-state index in [1.165, 1.54) is 73.9 Å². The Morgan fingerprint density at radius 1 is 1.11 bits per heavy atom. The Bertz CT molecular complexity index is 388. The molecule has 0 saturated carbocycles. The lowest BCUT2D eigenvalue weighted by atomic mass is 9.85. The summed E-state index contributed by atoms with van der Waals surface area (Å²) in [6.45, 7) is 8.02. The molecule has 0 unspecified atom stereocenters. The first-order chi connectivity index (χ1) is 8.76. The second kappa shape index (κ2) is 5.05. The summed E-state index contributed by atoms with van der Waals surface area (Å²) in [4.78, 5) is 0. The highest BCUT2D eigenvalue weighted by atomic mass is 15.4. The molecule has 3 aliphatic heterocycles. The van der Waals surface area contributed by atoms with Crippen LogP contribution in [0.1, 0.15) is 36.8 Å². The van der Waals surface area contributed by atoms with E-state index in [1.807, 2.05) is 0 Å². The van der Waals surface area contributed by atoms with Gasteiger partial charge in [-0.1, -0.05) is 29.8 Å². The molecule has 0 spiro atoms. The monoisotopic (exact) mass is 244 g/mol.